The number of esters is 1. The minimum absolute atomic E-state index is 0.312. The van der Waals surface area contributed by atoms with Gasteiger partial charge in [-0.1, -0.05) is 23.7 Å². The molecule has 112 valence electrons. The number of hydrogen-bond donors (Lipinski definition) is 0. The van der Waals surface area contributed by atoms with Crippen molar-refractivity contribution in [2.45, 2.75) is 13.8 Å². The minimum Gasteiger partial charge on any atom is -0.462 e. The van der Waals surface area contributed by atoms with Crippen molar-refractivity contribution in [2.75, 3.05) is 6.61 Å². The molecule has 3 aromatic rings. The van der Waals surface area contributed by atoms with Crippen LogP contribution in [0.2, 0.25) is 5.02 Å². The fourth-order valence-corrected chi connectivity index (χ4v) is 2.36. The molecule has 0 bridgehead atoms. The predicted molar refractivity (Wildman–Crippen MR) is 84.1 cm³/mol. The maximum atomic E-state index is 12.0. The molecule has 0 saturated carbocycles. The molecule has 2 heterocycles. The first-order valence-corrected chi connectivity index (χ1v) is 7.26. The fourth-order valence-electron chi connectivity index (χ4n) is 2.23. The number of carbonyl (C=O) groups is 1. The van der Waals surface area contributed by atoms with Crippen LogP contribution >= 0.6 is 11.6 Å². The number of aryl methyl sites for hydroxylation is 1. The van der Waals surface area contributed by atoms with Crippen molar-refractivity contribution >= 4 is 23.2 Å². The SMILES string of the molecule is CCOC(=O)c1cnn2c(C)cc(-c3ccc(Cl)cc3)nc12. The summed E-state index contributed by atoms with van der Waals surface area (Å²) in [4.78, 5) is 16.5. The van der Waals surface area contributed by atoms with Crippen LogP contribution in [0.1, 0.15) is 23.0 Å². The molecule has 3 rings (SSSR count). The number of ether oxygens (including phenoxy) is 1. The Morgan fingerprint density at radius 2 is 2.05 bits per heavy atom. The number of rotatable bonds is 3. The molecule has 0 aliphatic heterocycles. The highest BCUT2D eigenvalue weighted by Gasteiger charge is 2.17. The molecule has 0 N–H and O–H groups in total. The Bertz CT molecular complexity index is 840. The number of fused-ring (bicyclic) bond motifs is 1. The van der Waals surface area contributed by atoms with Gasteiger partial charge in [0.15, 0.2) is 5.65 Å². The second-order valence-corrected chi connectivity index (χ2v) is 5.24. The first-order chi connectivity index (χ1) is 10.6. The van der Waals surface area contributed by atoms with Crippen molar-refractivity contribution < 1.29 is 9.53 Å². The second kappa shape index (κ2) is 5.77. The van der Waals surface area contributed by atoms with Gasteiger partial charge in [-0.25, -0.2) is 14.3 Å². The highest BCUT2D eigenvalue weighted by Crippen LogP contribution is 2.23. The number of benzene rings is 1. The Labute approximate surface area is 132 Å². The molecule has 1 aromatic carbocycles. The maximum absolute atomic E-state index is 12.0. The van der Waals surface area contributed by atoms with E-state index < -0.39 is 5.97 Å². The van der Waals surface area contributed by atoms with Crippen molar-refractivity contribution in [3.63, 3.8) is 0 Å². The van der Waals surface area contributed by atoms with Crippen molar-refractivity contribution in [1.29, 1.82) is 0 Å². The molecule has 2 aromatic heterocycles. The van der Waals surface area contributed by atoms with Crippen molar-refractivity contribution in [3.8, 4) is 11.3 Å². The lowest BCUT2D eigenvalue weighted by Gasteiger charge is -2.06. The highest BCUT2D eigenvalue weighted by atomic mass is 35.5. The molecule has 0 aliphatic rings. The van der Waals surface area contributed by atoms with Crippen LogP contribution in [0.25, 0.3) is 16.9 Å². The van der Waals surface area contributed by atoms with Crippen LogP contribution in [-0.4, -0.2) is 27.2 Å². The molecule has 0 atom stereocenters. The smallest absolute Gasteiger partial charge is 0.343 e. The van der Waals surface area contributed by atoms with E-state index in [1.54, 1.807) is 23.6 Å². The normalized spacial score (nSPS) is 10.9. The van der Waals surface area contributed by atoms with E-state index in [2.05, 4.69) is 10.1 Å². The second-order valence-electron chi connectivity index (χ2n) is 4.80. The third kappa shape index (κ3) is 2.55. The zero-order valence-electron chi connectivity index (χ0n) is 12.2. The van der Waals surface area contributed by atoms with Crippen molar-refractivity contribution in [2.24, 2.45) is 0 Å². The summed E-state index contributed by atoms with van der Waals surface area (Å²) in [6.45, 7) is 3.99. The van der Waals surface area contributed by atoms with E-state index in [1.165, 1.54) is 6.20 Å². The van der Waals surface area contributed by atoms with Crippen LogP contribution in [0.15, 0.2) is 36.5 Å². The van der Waals surface area contributed by atoms with Crippen LogP contribution in [0, 0.1) is 6.92 Å². The molecular formula is C16H14ClN3O2. The topological polar surface area (TPSA) is 56.5 Å². The van der Waals surface area contributed by atoms with Gasteiger partial charge >= 0.3 is 5.97 Å². The van der Waals surface area contributed by atoms with Gasteiger partial charge in [0.05, 0.1) is 18.5 Å². The first-order valence-electron chi connectivity index (χ1n) is 6.88. The van der Waals surface area contributed by atoms with Gasteiger partial charge in [-0.15, -0.1) is 0 Å². The van der Waals surface area contributed by atoms with Crippen molar-refractivity contribution in [3.05, 3.63) is 52.8 Å². The monoisotopic (exact) mass is 315 g/mol. The summed E-state index contributed by atoms with van der Waals surface area (Å²) in [6.07, 6.45) is 1.49. The molecule has 0 fully saturated rings. The standard InChI is InChI=1S/C16H14ClN3O2/c1-3-22-16(21)13-9-18-20-10(2)8-14(19-15(13)20)11-4-6-12(17)7-5-11/h4-9H,3H2,1-2H3. The zero-order valence-corrected chi connectivity index (χ0v) is 13.0. The van der Waals surface area contributed by atoms with Gasteiger partial charge in [-0.05, 0) is 32.0 Å². The van der Waals surface area contributed by atoms with Gasteiger partial charge in [0.2, 0.25) is 0 Å². The highest BCUT2D eigenvalue weighted by molar-refractivity contribution is 6.30. The Hall–Kier alpha value is -2.40. The quantitative estimate of drug-likeness (QED) is 0.694. The number of halogens is 1. The van der Waals surface area contributed by atoms with E-state index in [4.69, 9.17) is 16.3 Å². The molecule has 0 spiro atoms. The van der Waals surface area contributed by atoms with E-state index in [9.17, 15) is 4.79 Å². The molecule has 0 unspecified atom stereocenters. The average molecular weight is 316 g/mol. The lowest BCUT2D eigenvalue weighted by atomic mass is 10.1. The summed E-state index contributed by atoms with van der Waals surface area (Å²) in [6, 6.07) is 9.31. The number of nitrogens with zero attached hydrogens (tertiary/aromatic N) is 3. The van der Waals surface area contributed by atoms with E-state index in [-0.39, 0.29) is 0 Å². The van der Waals surface area contributed by atoms with Gasteiger partial charge in [0.1, 0.15) is 5.56 Å². The maximum Gasteiger partial charge on any atom is 0.343 e. The first kappa shape index (κ1) is 14.5. The van der Waals surface area contributed by atoms with Gasteiger partial charge in [0.25, 0.3) is 0 Å². The lowest BCUT2D eigenvalue weighted by Crippen LogP contribution is -2.06. The molecule has 5 nitrogen and oxygen atoms in total. The van der Waals surface area contributed by atoms with Gasteiger partial charge < -0.3 is 4.74 Å². The fraction of sp³-hybridized carbons (Fsp3) is 0.188. The van der Waals surface area contributed by atoms with Crippen LogP contribution in [-0.2, 0) is 4.74 Å². The summed E-state index contributed by atoms with van der Waals surface area (Å²) < 4.78 is 6.68. The largest absolute Gasteiger partial charge is 0.462 e. The predicted octanol–water partition coefficient (Wildman–Crippen LogP) is 3.53. The molecule has 6 heteroatoms. The van der Waals surface area contributed by atoms with Crippen molar-refractivity contribution in [1.82, 2.24) is 14.6 Å². The van der Waals surface area contributed by atoms with E-state index >= 15 is 0 Å². The van der Waals surface area contributed by atoms with Crippen LogP contribution in [0.4, 0.5) is 0 Å². The van der Waals surface area contributed by atoms with E-state index in [0.717, 1.165) is 17.0 Å². The molecule has 0 radical (unpaired) electrons. The Morgan fingerprint density at radius 3 is 2.73 bits per heavy atom. The summed E-state index contributed by atoms with van der Waals surface area (Å²) in [5.74, 6) is -0.419. The number of carbonyl (C=O) groups excluding carboxylic acids is 1. The molecule has 0 saturated heterocycles. The summed E-state index contributed by atoms with van der Waals surface area (Å²) in [5, 5.41) is 4.87. The Morgan fingerprint density at radius 1 is 1.32 bits per heavy atom. The molecular weight excluding hydrogens is 302 g/mol. The van der Waals surface area contributed by atoms with Gasteiger partial charge in [0, 0.05) is 16.3 Å². The van der Waals surface area contributed by atoms with Gasteiger partial charge in [-0.2, -0.15) is 5.10 Å². The van der Waals surface area contributed by atoms with E-state index in [0.29, 0.717) is 22.8 Å². The number of aromatic nitrogens is 3. The molecule has 0 aliphatic carbocycles. The van der Waals surface area contributed by atoms with Crippen LogP contribution in [0.5, 0.6) is 0 Å². The summed E-state index contributed by atoms with van der Waals surface area (Å²) in [7, 11) is 0. The lowest BCUT2D eigenvalue weighted by molar-refractivity contribution is 0.0528. The minimum atomic E-state index is -0.419. The summed E-state index contributed by atoms with van der Waals surface area (Å²) in [5.41, 5.74) is 3.41. The third-order valence-corrected chi connectivity index (χ3v) is 3.54. The van der Waals surface area contributed by atoms with Crippen LogP contribution in [0.3, 0.4) is 0 Å². The zero-order chi connectivity index (χ0) is 15.7. The Balaban J connectivity index is 2.15. The number of hydrogen-bond acceptors (Lipinski definition) is 4. The van der Waals surface area contributed by atoms with Crippen LogP contribution < -0.4 is 0 Å². The van der Waals surface area contributed by atoms with Gasteiger partial charge in [-0.3, -0.25) is 0 Å². The summed E-state index contributed by atoms with van der Waals surface area (Å²) >= 11 is 5.91. The Kier molecular flexibility index (Phi) is 3.81. The third-order valence-electron chi connectivity index (χ3n) is 3.29. The molecule has 0 amide bonds. The molecule has 22 heavy (non-hydrogen) atoms. The average Bonchev–Trinajstić information content (AvgIpc) is 2.92. The van der Waals surface area contributed by atoms with E-state index in [1.807, 2.05) is 25.1 Å².